The molecule has 1 fully saturated rings. The summed E-state index contributed by atoms with van der Waals surface area (Å²) < 4.78 is 11.4. The summed E-state index contributed by atoms with van der Waals surface area (Å²) in [6, 6.07) is 5.29. The van der Waals surface area contributed by atoms with Crippen LogP contribution in [0.15, 0.2) is 23.6 Å². The number of ether oxygens (including phenoxy) is 2. The first-order valence-electron chi connectivity index (χ1n) is 10.2. The van der Waals surface area contributed by atoms with Crippen LogP contribution in [0.1, 0.15) is 38.3 Å². The second-order valence-electron chi connectivity index (χ2n) is 8.07. The minimum absolute atomic E-state index is 0.0953. The summed E-state index contributed by atoms with van der Waals surface area (Å²) in [7, 11) is 1.56. The lowest BCUT2D eigenvalue weighted by atomic mass is 9.97. The number of hydrogen-bond donors (Lipinski definition) is 2. The number of nitrogens with zero attached hydrogens (tertiary/aromatic N) is 3. The number of aromatic nitrogens is 3. The highest BCUT2D eigenvalue weighted by Gasteiger charge is 2.44. The van der Waals surface area contributed by atoms with Crippen LogP contribution < -0.4 is 9.47 Å². The maximum atomic E-state index is 11.5. The predicted octanol–water partition coefficient (Wildman–Crippen LogP) is 3.83. The van der Waals surface area contributed by atoms with E-state index < -0.39 is 29.9 Å². The van der Waals surface area contributed by atoms with E-state index in [0.29, 0.717) is 27.5 Å². The van der Waals surface area contributed by atoms with Gasteiger partial charge in [0.2, 0.25) is 5.88 Å². The Balaban J connectivity index is 1.74. The third kappa shape index (κ3) is 4.22. The number of methoxy groups -OCH3 is 1. The van der Waals surface area contributed by atoms with Gasteiger partial charge in [0, 0.05) is 11.4 Å². The van der Waals surface area contributed by atoms with Gasteiger partial charge < -0.3 is 19.7 Å². The second kappa shape index (κ2) is 8.70. The standard InChI is InChI=1S/C22H23N3O6S/c1-10(2)17-9-32-20(24-17)18-23-16-8-11(30-3)4-5-13(16)19(25-18)31-12-6-14(21(26)27)15(7-12)22(28)29/h4-5,8-10,12,14-15H,6-7H2,1-3H3,(H,26,27)(H,28,29). The van der Waals surface area contributed by atoms with E-state index in [0.717, 1.165) is 5.69 Å². The summed E-state index contributed by atoms with van der Waals surface area (Å²) in [5.74, 6) is -2.73. The Morgan fingerprint density at radius 1 is 1.09 bits per heavy atom. The van der Waals surface area contributed by atoms with Crippen LogP contribution in [-0.4, -0.2) is 50.3 Å². The van der Waals surface area contributed by atoms with Crippen molar-refractivity contribution < 1.29 is 29.3 Å². The molecule has 2 atom stereocenters. The van der Waals surface area contributed by atoms with E-state index in [1.54, 1.807) is 25.3 Å². The lowest BCUT2D eigenvalue weighted by Gasteiger charge is -2.15. The largest absolute Gasteiger partial charge is 0.497 e. The van der Waals surface area contributed by atoms with Gasteiger partial charge in [-0.3, -0.25) is 9.59 Å². The molecule has 0 bridgehead atoms. The molecule has 10 heteroatoms. The van der Waals surface area contributed by atoms with Crippen LogP contribution >= 0.6 is 11.3 Å². The highest BCUT2D eigenvalue weighted by molar-refractivity contribution is 7.13. The number of hydrogen-bond acceptors (Lipinski definition) is 8. The van der Waals surface area contributed by atoms with Crippen molar-refractivity contribution in [2.24, 2.45) is 11.8 Å². The van der Waals surface area contributed by atoms with Gasteiger partial charge in [-0.05, 0) is 30.9 Å². The van der Waals surface area contributed by atoms with Crippen LogP contribution in [0.4, 0.5) is 0 Å². The number of aliphatic carboxylic acids is 2. The number of thiazole rings is 1. The molecule has 0 saturated heterocycles. The van der Waals surface area contributed by atoms with Crippen LogP contribution in [0.5, 0.6) is 11.6 Å². The fourth-order valence-electron chi connectivity index (χ4n) is 3.84. The van der Waals surface area contributed by atoms with Crippen LogP contribution in [0.3, 0.4) is 0 Å². The number of rotatable bonds is 7. The van der Waals surface area contributed by atoms with Crippen molar-refractivity contribution in [1.82, 2.24) is 15.0 Å². The molecule has 2 N–H and O–H groups in total. The first kappa shape index (κ1) is 21.9. The van der Waals surface area contributed by atoms with Gasteiger partial charge in [-0.2, -0.15) is 4.98 Å². The summed E-state index contributed by atoms with van der Waals surface area (Å²) in [5.41, 5.74) is 1.53. The van der Waals surface area contributed by atoms with E-state index in [1.807, 2.05) is 5.38 Å². The molecule has 0 spiro atoms. The molecule has 1 aromatic carbocycles. The fraction of sp³-hybridized carbons (Fsp3) is 0.409. The molecule has 0 aliphatic heterocycles. The minimum Gasteiger partial charge on any atom is -0.497 e. The molecule has 0 radical (unpaired) electrons. The molecule has 32 heavy (non-hydrogen) atoms. The van der Waals surface area contributed by atoms with Crippen LogP contribution in [0.2, 0.25) is 0 Å². The average molecular weight is 458 g/mol. The van der Waals surface area contributed by atoms with Gasteiger partial charge in [0.25, 0.3) is 0 Å². The Morgan fingerprint density at radius 3 is 2.34 bits per heavy atom. The maximum Gasteiger partial charge on any atom is 0.307 e. The van der Waals surface area contributed by atoms with E-state index in [9.17, 15) is 19.8 Å². The number of carbonyl (C=O) groups is 2. The highest BCUT2D eigenvalue weighted by Crippen LogP contribution is 2.37. The predicted molar refractivity (Wildman–Crippen MR) is 117 cm³/mol. The lowest BCUT2D eigenvalue weighted by Crippen LogP contribution is -2.24. The van der Waals surface area contributed by atoms with Crippen molar-refractivity contribution in [3.05, 3.63) is 29.3 Å². The average Bonchev–Trinajstić information content (AvgIpc) is 3.41. The zero-order valence-electron chi connectivity index (χ0n) is 17.8. The number of fused-ring (bicyclic) bond motifs is 1. The Kier molecular flexibility index (Phi) is 5.96. The first-order chi connectivity index (χ1) is 15.3. The second-order valence-corrected chi connectivity index (χ2v) is 8.93. The zero-order chi connectivity index (χ0) is 23.0. The Hall–Kier alpha value is -3.27. The lowest BCUT2D eigenvalue weighted by molar-refractivity contribution is -0.152. The smallest absolute Gasteiger partial charge is 0.307 e. The fourth-order valence-corrected chi connectivity index (χ4v) is 4.75. The van der Waals surface area contributed by atoms with Gasteiger partial charge in [-0.15, -0.1) is 11.3 Å². The van der Waals surface area contributed by atoms with Crippen LogP contribution in [0.25, 0.3) is 21.7 Å². The quantitative estimate of drug-likeness (QED) is 0.543. The van der Waals surface area contributed by atoms with Gasteiger partial charge in [-0.1, -0.05) is 13.8 Å². The van der Waals surface area contributed by atoms with Crippen molar-refractivity contribution in [3.63, 3.8) is 0 Å². The monoisotopic (exact) mass is 457 g/mol. The third-order valence-corrected chi connectivity index (χ3v) is 6.46. The minimum atomic E-state index is -1.13. The van der Waals surface area contributed by atoms with Crippen molar-refractivity contribution in [2.45, 2.75) is 38.7 Å². The SMILES string of the molecule is COc1ccc2c(OC3CC(C(=O)O)C(C(=O)O)C3)nc(-c3nc(C(C)C)cs3)nc2c1. The van der Waals surface area contributed by atoms with E-state index in [2.05, 4.69) is 28.8 Å². The van der Waals surface area contributed by atoms with E-state index in [1.165, 1.54) is 11.3 Å². The summed E-state index contributed by atoms with van der Waals surface area (Å²) >= 11 is 1.43. The van der Waals surface area contributed by atoms with E-state index in [-0.39, 0.29) is 24.6 Å². The van der Waals surface area contributed by atoms with Crippen molar-refractivity contribution in [1.29, 1.82) is 0 Å². The molecule has 1 aliphatic carbocycles. The molecule has 4 rings (SSSR count). The number of benzene rings is 1. The molecule has 3 aromatic rings. The molecule has 2 unspecified atom stereocenters. The van der Waals surface area contributed by atoms with Crippen molar-refractivity contribution in [3.8, 4) is 22.5 Å². The van der Waals surface area contributed by atoms with Crippen molar-refractivity contribution >= 4 is 34.2 Å². The van der Waals surface area contributed by atoms with Gasteiger partial charge in [0.05, 0.1) is 35.5 Å². The molecule has 0 amide bonds. The highest BCUT2D eigenvalue weighted by atomic mass is 32.1. The summed E-state index contributed by atoms with van der Waals surface area (Å²) in [4.78, 5) is 36.9. The first-order valence-corrected chi connectivity index (χ1v) is 11.1. The third-order valence-electron chi connectivity index (χ3n) is 5.61. The molecule has 1 saturated carbocycles. The van der Waals surface area contributed by atoms with Gasteiger partial charge in [0.1, 0.15) is 11.9 Å². The topological polar surface area (TPSA) is 132 Å². The summed E-state index contributed by atoms with van der Waals surface area (Å²) in [6.45, 7) is 4.11. The van der Waals surface area contributed by atoms with Crippen molar-refractivity contribution in [2.75, 3.05) is 7.11 Å². The van der Waals surface area contributed by atoms with Gasteiger partial charge in [-0.25, -0.2) is 9.97 Å². The molecule has 1 aliphatic rings. The molecule has 9 nitrogen and oxygen atoms in total. The molecular formula is C22H23N3O6S. The Morgan fingerprint density at radius 2 is 1.78 bits per heavy atom. The van der Waals surface area contributed by atoms with Gasteiger partial charge >= 0.3 is 11.9 Å². The summed E-state index contributed by atoms with van der Waals surface area (Å²) in [6.07, 6.45) is -0.399. The maximum absolute atomic E-state index is 11.5. The molecule has 168 valence electrons. The number of carboxylic acid groups (broad SMARTS) is 2. The van der Waals surface area contributed by atoms with E-state index in [4.69, 9.17) is 9.47 Å². The Labute approximate surface area is 188 Å². The molecular weight excluding hydrogens is 434 g/mol. The summed E-state index contributed by atoms with van der Waals surface area (Å²) in [5, 5.41) is 22.1. The molecule has 2 aromatic heterocycles. The van der Waals surface area contributed by atoms with Crippen LogP contribution in [-0.2, 0) is 9.59 Å². The number of carboxylic acids is 2. The molecule has 2 heterocycles. The zero-order valence-corrected chi connectivity index (χ0v) is 18.6. The van der Waals surface area contributed by atoms with E-state index >= 15 is 0 Å². The van der Waals surface area contributed by atoms with Crippen LogP contribution in [0, 0.1) is 11.8 Å². The van der Waals surface area contributed by atoms with Gasteiger partial charge in [0.15, 0.2) is 10.8 Å². The Bertz CT molecular complexity index is 1160. The normalized spacial score (nSPS) is 20.6.